The number of nitrogens with zero attached hydrogens (tertiary/aromatic N) is 1. The maximum atomic E-state index is 12.7. The molecule has 10 heteroatoms. The molecule has 1 saturated heterocycles. The van der Waals surface area contributed by atoms with E-state index in [0.29, 0.717) is 17.6 Å². The van der Waals surface area contributed by atoms with Crippen molar-refractivity contribution in [2.75, 3.05) is 33.4 Å². The molecule has 2 aromatic rings. The lowest BCUT2D eigenvalue weighted by Crippen LogP contribution is -2.48. The van der Waals surface area contributed by atoms with Crippen LogP contribution >= 0.6 is 0 Å². The molecular formula is C19H19F3N2O5. The minimum absolute atomic E-state index is 0.148. The highest BCUT2D eigenvalue weighted by molar-refractivity contribution is 5.93. The predicted molar refractivity (Wildman–Crippen MR) is 96.2 cm³/mol. The summed E-state index contributed by atoms with van der Waals surface area (Å²) < 4.78 is 54.3. The summed E-state index contributed by atoms with van der Waals surface area (Å²) in [5.41, 5.74) is -2.64. The number of nitrogens with one attached hydrogen (secondary N) is 1. The van der Waals surface area contributed by atoms with Gasteiger partial charge < -0.3 is 24.1 Å². The molecule has 1 aliphatic rings. The van der Waals surface area contributed by atoms with Gasteiger partial charge in [-0.15, -0.1) is 0 Å². The second kappa shape index (κ2) is 8.56. The number of aromatic nitrogens is 1. The number of benzene rings is 1. The van der Waals surface area contributed by atoms with E-state index in [1.807, 2.05) is 0 Å². The Morgan fingerprint density at radius 3 is 2.52 bits per heavy atom. The lowest BCUT2D eigenvalue weighted by Gasteiger charge is -2.32. The van der Waals surface area contributed by atoms with Crippen molar-refractivity contribution in [3.8, 4) is 11.5 Å². The van der Waals surface area contributed by atoms with E-state index >= 15 is 0 Å². The number of hydrogen-bond donors (Lipinski definition) is 1. The summed E-state index contributed by atoms with van der Waals surface area (Å²) in [4.78, 5) is 27.6. The Hall–Kier alpha value is -3.01. The Labute approximate surface area is 164 Å². The zero-order valence-electron chi connectivity index (χ0n) is 15.5. The van der Waals surface area contributed by atoms with Gasteiger partial charge in [0.25, 0.3) is 11.5 Å². The smallest absolute Gasteiger partial charge is 0.431 e. The fourth-order valence-electron chi connectivity index (χ4n) is 2.84. The first kappa shape index (κ1) is 20.7. The number of H-pyrrole nitrogens is 1. The number of hydrogen-bond acceptors (Lipinski definition) is 5. The number of halogens is 3. The largest absolute Gasteiger partial charge is 0.497 e. The fourth-order valence-corrected chi connectivity index (χ4v) is 2.84. The number of rotatable bonds is 5. The first-order valence-corrected chi connectivity index (χ1v) is 8.76. The minimum atomic E-state index is -4.69. The van der Waals surface area contributed by atoms with E-state index in [-0.39, 0.29) is 31.9 Å². The first-order valence-electron chi connectivity index (χ1n) is 8.76. The Bertz CT molecular complexity index is 911. The lowest BCUT2D eigenvalue weighted by molar-refractivity contribution is -0.141. The van der Waals surface area contributed by atoms with E-state index in [4.69, 9.17) is 14.2 Å². The maximum Gasteiger partial charge on any atom is 0.431 e. The van der Waals surface area contributed by atoms with Gasteiger partial charge in [0, 0.05) is 6.54 Å². The average molecular weight is 412 g/mol. The van der Waals surface area contributed by atoms with E-state index < -0.39 is 29.4 Å². The summed E-state index contributed by atoms with van der Waals surface area (Å²) in [6, 6.07) is 8.51. The molecule has 1 fully saturated rings. The van der Waals surface area contributed by atoms with Gasteiger partial charge >= 0.3 is 6.18 Å². The number of carbonyl (C=O) groups is 1. The van der Waals surface area contributed by atoms with Gasteiger partial charge in [0.2, 0.25) is 0 Å². The highest BCUT2D eigenvalue weighted by atomic mass is 19.4. The molecule has 0 bridgehead atoms. The van der Waals surface area contributed by atoms with Crippen LogP contribution in [-0.4, -0.2) is 55.3 Å². The van der Waals surface area contributed by atoms with Crippen LogP contribution in [0.15, 0.2) is 41.2 Å². The van der Waals surface area contributed by atoms with Crippen molar-refractivity contribution < 1.29 is 32.2 Å². The molecule has 1 N–H and O–H groups in total. The van der Waals surface area contributed by atoms with E-state index in [0.717, 1.165) is 6.07 Å². The average Bonchev–Trinajstić information content (AvgIpc) is 2.71. The van der Waals surface area contributed by atoms with Crippen LogP contribution in [0.1, 0.15) is 16.1 Å². The number of ether oxygens (including phenoxy) is 3. The number of aromatic amines is 1. The topological polar surface area (TPSA) is 80.9 Å². The predicted octanol–water partition coefficient (Wildman–Crippen LogP) is 2.32. The number of carbonyl (C=O) groups excluding carboxylic acids is 1. The van der Waals surface area contributed by atoms with E-state index in [1.54, 1.807) is 36.4 Å². The number of pyridine rings is 1. The van der Waals surface area contributed by atoms with Crippen LogP contribution in [0.5, 0.6) is 11.5 Å². The van der Waals surface area contributed by atoms with E-state index in [2.05, 4.69) is 0 Å². The van der Waals surface area contributed by atoms with Crippen molar-refractivity contribution in [1.29, 1.82) is 0 Å². The summed E-state index contributed by atoms with van der Waals surface area (Å²) in [5, 5.41) is 0. The molecule has 2 heterocycles. The van der Waals surface area contributed by atoms with Gasteiger partial charge in [-0.2, -0.15) is 13.2 Å². The van der Waals surface area contributed by atoms with Crippen molar-refractivity contribution in [1.82, 2.24) is 9.88 Å². The molecule has 0 radical (unpaired) electrons. The van der Waals surface area contributed by atoms with Crippen molar-refractivity contribution in [3.63, 3.8) is 0 Å². The molecule has 1 atom stereocenters. The highest BCUT2D eigenvalue weighted by Crippen LogP contribution is 2.26. The molecule has 0 aliphatic carbocycles. The zero-order chi connectivity index (χ0) is 21.0. The maximum absolute atomic E-state index is 12.7. The molecule has 7 nitrogen and oxygen atoms in total. The van der Waals surface area contributed by atoms with Crippen LogP contribution in [0, 0.1) is 0 Å². The zero-order valence-corrected chi connectivity index (χ0v) is 15.5. The summed E-state index contributed by atoms with van der Waals surface area (Å²) in [7, 11) is 1.55. The Morgan fingerprint density at radius 2 is 1.90 bits per heavy atom. The summed E-state index contributed by atoms with van der Waals surface area (Å²) in [5.74, 6) is 0.625. The third-order valence-electron chi connectivity index (χ3n) is 4.37. The van der Waals surface area contributed by atoms with Gasteiger partial charge in [0.1, 0.15) is 35.5 Å². The fraction of sp³-hybridized carbons (Fsp3) is 0.368. The molecule has 1 aliphatic heterocycles. The summed E-state index contributed by atoms with van der Waals surface area (Å²) in [6.07, 6.45) is -5.13. The van der Waals surface area contributed by atoms with Crippen LogP contribution in [-0.2, 0) is 10.9 Å². The Morgan fingerprint density at radius 1 is 1.21 bits per heavy atom. The molecule has 0 spiro atoms. The number of methoxy groups -OCH3 is 1. The van der Waals surface area contributed by atoms with Crippen LogP contribution in [0.2, 0.25) is 0 Å². The molecule has 156 valence electrons. The number of alkyl halides is 3. The molecular weight excluding hydrogens is 393 g/mol. The lowest BCUT2D eigenvalue weighted by atomic mass is 10.2. The van der Waals surface area contributed by atoms with E-state index in [1.165, 1.54) is 4.90 Å². The SMILES string of the molecule is COc1ccc(OCC2CN(C(=O)c3ccc(C(F)(F)F)[nH]c3=O)CCO2)cc1. The van der Waals surface area contributed by atoms with Gasteiger partial charge in [-0.1, -0.05) is 0 Å². The molecule has 1 aromatic heterocycles. The third kappa shape index (κ3) is 5.08. The molecule has 1 unspecified atom stereocenters. The van der Waals surface area contributed by atoms with Gasteiger partial charge in [0.05, 0.1) is 20.3 Å². The van der Waals surface area contributed by atoms with Crippen LogP contribution in [0.25, 0.3) is 0 Å². The van der Waals surface area contributed by atoms with Crippen molar-refractivity contribution in [3.05, 3.63) is 58.0 Å². The van der Waals surface area contributed by atoms with Crippen LogP contribution in [0.3, 0.4) is 0 Å². The molecule has 1 aromatic carbocycles. The quantitative estimate of drug-likeness (QED) is 0.815. The second-order valence-corrected chi connectivity index (χ2v) is 6.34. The van der Waals surface area contributed by atoms with Gasteiger partial charge in [-0.25, -0.2) is 0 Å². The van der Waals surface area contributed by atoms with Gasteiger partial charge in [-0.05, 0) is 36.4 Å². The van der Waals surface area contributed by atoms with Gasteiger partial charge in [0.15, 0.2) is 0 Å². The van der Waals surface area contributed by atoms with Gasteiger partial charge in [-0.3, -0.25) is 9.59 Å². The standard InChI is InChI=1S/C19H19F3N2O5/c1-27-12-2-4-13(5-3-12)29-11-14-10-24(8-9-28-14)18(26)15-6-7-16(19(20,21)22)23-17(15)25/h2-7,14H,8-11H2,1H3,(H,23,25). The summed E-state index contributed by atoms with van der Waals surface area (Å²) >= 11 is 0. The first-order chi connectivity index (χ1) is 13.8. The Balaban J connectivity index is 1.62. The highest BCUT2D eigenvalue weighted by Gasteiger charge is 2.33. The van der Waals surface area contributed by atoms with Crippen molar-refractivity contribution in [2.24, 2.45) is 0 Å². The minimum Gasteiger partial charge on any atom is -0.497 e. The van der Waals surface area contributed by atoms with E-state index in [9.17, 15) is 22.8 Å². The number of morpholine rings is 1. The molecule has 3 rings (SSSR count). The Kier molecular flexibility index (Phi) is 6.12. The monoisotopic (exact) mass is 412 g/mol. The molecule has 1 amide bonds. The van der Waals surface area contributed by atoms with Crippen molar-refractivity contribution >= 4 is 5.91 Å². The van der Waals surface area contributed by atoms with Crippen LogP contribution < -0.4 is 15.0 Å². The molecule has 0 saturated carbocycles. The van der Waals surface area contributed by atoms with Crippen molar-refractivity contribution in [2.45, 2.75) is 12.3 Å². The number of amides is 1. The third-order valence-corrected chi connectivity index (χ3v) is 4.37. The molecule has 29 heavy (non-hydrogen) atoms. The second-order valence-electron chi connectivity index (χ2n) is 6.34. The summed E-state index contributed by atoms with van der Waals surface area (Å²) in [6.45, 7) is 0.758. The normalized spacial score (nSPS) is 17.1. The van der Waals surface area contributed by atoms with Crippen LogP contribution in [0.4, 0.5) is 13.2 Å².